The van der Waals surface area contributed by atoms with E-state index in [1.54, 1.807) is 19.1 Å². The Hall–Kier alpha value is -2.56. The molecule has 1 atom stereocenters. The van der Waals surface area contributed by atoms with Crippen LogP contribution in [-0.2, 0) is 9.53 Å². The van der Waals surface area contributed by atoms with Gasteiger partial charge >= 0.3 is 5.97 Å². The van der Waals surface area contributed by atoms with Crippen molar-refractivity contribution in [3.05, 3.63) is 53.5 Å². The first-order valence-corrected chi connectivity index (χ1v) is 6.98. The molecule has 0 bridgehead atoms. The maximum absolute atomic E-state index is 12.8. The van der Waals surface area contributed by atoms with Crippen LogP contribution >= 0.6 is 0 Å². The van der Waals surface area contributed by atoms with Crippen LogP contribution in [0.5, 0.6) is 0 Å². The fraction of sp³-hybridized carbons (Fsp3) is 0.294. The van der Waals surface area contributed by atoms with Gasteiger partial charge in [0.05, 0.1) is 19.1 Å². The Morgan fingerprint density at radius 1 is 1.14 bits per heavy atom. The van der Waals surface area contributed by atoms with Crippen LogP contribution < -0.4 is 4.90 Å². The molecule has 0 aliphatic rings. The maximum atomic E-state index is 12.8. The van der Waals surface area contributed by atoms with E-state index in [0.29, 0.717) is 5.69 Å². The zero-order chi connectivity index (χ0) is 16.3. The van der Waals surface area contributed by atoms with Gasteiger partial charge in [-0.05, 0) is 44.0 Å². The minimum Gasteiger partial charge on any atom is -0.467 e. The number of anilines is 1. The molecule has 1 aromatic carbocycles. The molecule has 1 heterocycles. The Labute approximate surface area is 129 Å². The van der Waals surface area contributed by atoms with Gasteiger partial charge in [-0.15, -0.1) is 0 Å². The number of aryl methyl sites for hydroxylation is 2. The first-order valence-electron chi connectivity index (χ1n) is 6.98. The molecule has 22 heavy (non-hydrogen) atoms. The summed E-state index contributed by atoms with van der Waals surface area (Å²) in [6.45, 7) is 5.43. The average Bonchev–Trinajstić information content (AvgIpc) is 3.03. The van der Waals surface area contributed by atoms with Gasteiger partial charge in [0, 0.05) is 0 Å². The first-order chi connectivity index (χ1) is 10.5. The Kier molecular flexibility index (Phi) is 4.65. The van der Waals surface area contributed by atoms with Gasteiger partial charge in [0.25, 0.3) is 5.91 Å². The van der Waals surface area contributed by atoms with Gasteiger partial charge in [0.15, 0.2) is 5.76 Å². The van der Waals surface area contributed by atoms with Crippen molar-refractivity contribution in [2.75, 3.05) is 12.0 Å². The molecule has 2 aromatic rings. The molecule has 1 aromatic heterocycles. The molecule has 0 radical (unpaired) electrons. The summed E-state index contributed by atoms with van der Waals surface area (Å²) >= 11 is 0. The van der Waals surface area contributed by atoms with Gasteiger partial charge in [-0.2, -0.15) is 0 Å². The van der Waals surface area contributed by atoms with Crippen molar-refractivity contribution in [1.82, 2.24) is 0 Å². The molecule has 0 fully saturated rings. The summed E-state index contributed by atoms with van der Waals surface area (Å²) in [5.41, 5.74) is 2.49. The van der Waals surface area contributed by atoms with Crippen LogP contribution in [0.25, 0.3) is 0 Å². The normalized spacial score (nSPS) is 11.8. The molecule has 2 rings (SSSR count). The Morgan fingerprint density at radius 2 is 1.77 bits per heavy atom. The van der Waals surface area contributed by atoms with E-state index < -0.39 is 12.0 Å². The number of carbonyl (C=O) groups excluding carboxylic acids is 2. The number of carbonyl (C=O) groups is 2. The fourth-order valence-corrected chi connectivity index (χ4v) is 2.45. The largest absolute Gasteiger partial charge is 0.467 e. The van der Waals surface area contributed by atoms with Gasteiger partial charge in [-0.25, -0.2) is 4.79 Å². The van der Waals surface area contributed by atoms with Crippen molar-refractivity contribution in [1.29, 1.82) is 0 Å². The number of nitrogens with zero attached hydrogens (tertiary/aromatic N) is 1. The zero-order valence-corrected chi connectivity index (χ0v) is 13.1. The molecule has 116 valence electrons. The topological polar surface area (TPSA) is 59.8 Å². The lowest BCUT2D eigenvalue weighted by Crippen LogP contribution is -2.44. The fourth-order valence-electron chi connectivity index (χ4n) is 2.45. The third-order valence-electron chi connectivity index (χ3n) is 3.56. The van der Waals surface area contributed by atoms with Gasteiger partial charge in [0.2, 0.25) is 0 Å². The second-order valence-electron chi connectivity index (χ2n) is 5.09. The molecule has 0 aliphatic carbocycles. The summed E-state index contributed by atoms with van der Waals surface area (Å²) in [7, 11) is 1.30. The SMILES string of the molecule is COC(=O)[C@H](C)N(C(=O)c1ccco1)c1c(C)cccc1C. The van der Waals surface area contributed by atoms with Crippen LogP contribution in [-0.4, -0.2) is 25.0 Å². The number of benzene rings is 1. The van der Waals surface area contributed by atoms with Crippen LogP contribution in [0.15, 0.2) is 41.0 Å². The molecule has 0 unspecified atom stereocenters. The Bertz CT molecular complexity index is 656. The number of hydrogen-bond acceptors (Lipinski definition) is 4. The summed E-state index contributed by atoms with van der Waals surface area (Å²) in [4.78, 5) is 26.2. The van der Waals surface area contributed by atoms with Crippen molar-refractivity contribution in [3.8, 4) is 0 Å². The lowest BCUT2D eigenvalue weighted by atomic mass is 10.1. The monoisotopic (exact) mass is 301 g/mol. The predicted octanol–water partition coefficient (Wildman–Crippen LogP) is 3.10. The minimum atomic E-state index is -0.762. The summed E-state index contributed by atoms with van der Waals surface area (Å²) in [5, 5.41) is 0. The number of hydrogen-bond donors (Lipinski definition) is 0. The second-order valence-corrected chi connectivity index (χ2v) is 5.09. The van der Waals surface area contributed by atoms with E-state index >= 15 is 0 Å². The standard InChI is InChI=1S/C17H19NO4/c1-11-7-5-8-12(2)15(11)18(13(3)17(20)21-4)16(19)14-9-6-10-22-14/h5-10,13H,1-4H3/t13-/m0/s1. The minimum absolute atomic E-state index is 0.179. The third kappa shape index (κ3) is 2.88. The highest BCUT2D eigenvalue weighted by Crippen LogP contribution is 2.28. The number of ether oxygens (including phenoxy) is 1. The lowest BCUT2D eigenvalue weighted by Gasteiger charge is -2.29. The maximum Gasteiger partial charge on any atom is 0.328 e. The predicted molar refractivity (Wildman–Crippen MR) is 82.9 cm³/mol. The smallest absolute Gasteiger partial charge is 0.328 e. The van der Waals surface area contributed by atoms with Crippen LogP contribution in [0.1, 0.15) is 28.6 Å². The molecule has 0 saturated heterocycles. The number of rotatable bonds is 4. The van der Waals surface area contributed by atoms with Crippen molar-refractivity contribution < 1.29 is 18.7 Å². The number of furan rings is 1. The highest BCUT2D eigenvalue weighted by Gasteiger charge is 2.32. The zero-order valence-electron chi connectivity index (χ0n) is 13.1. The van der Waals surface area contributed by atoms with Crippen molar-refractivity contribution in [3.63, 3.8) is 0 Å². The number of methoxy groups -OCH3 is 1. The van der Waals surface area contributed by atoms with E-state index in [1.807, 2.05) is 32.0 Å². The van der Waals surface area contributed by atoms with Gasteiger partial charge in [0.1, 0.15) is 6.04 Å². The molecular weight excluding hydrogens is 282 g/mol. The molecule has 0 spiro atoms. The summed E-state index contributed by atoms with van der Waals surface area (Å²) in [6.07, 6.45) is 1.43. The summed E-state index contributed by atoms with van der Waals surface area (Å²) in [5.74, 6) is -0.679. The molecule has 0 N–H and O–H groups in total. The second kappa shape index (κ2) is 6.47. The van der Waals surface area contributed by atoms with Crippen LogP contribution in [0.2, 0.25) is 0 Å². The van der Waals surface area contributed by atoms with Crippen LogP contribution in [0.4, 0.5) is 5.69 Å². The quantitative estimate of drug-likeness (QED) is 0.814. The van der Waals surface area contributed by atoms with Crippen LogP contribution in [0.3, 0.4) is 0 Å². The number of esters is 1. The molecule has 0 aliphatic heterocycles. The van der Waals surface area contributed by atoms with E-state index in [0.717, 1.165) is 11.1 Å². The molecule has 5 heteroatoms. The summed E-state index contributed by atoms with van der Waals surface area (Å²) in [6, 6.07) is 8.16. The summed E-state index contributed by atoms with van der Waals surface area (Å²) < 4.78 is 10.00. The average molecular weight is 301 g/mol. The molecule has 5 nitrogen and oxygen atoms in total. The highest BCUT2D eigenvalue weighted by atomic mass is 16.5. The van der Waals surface area contributed by atoms with Gasteiger partial charge in [-0.1, -0.05) is 18.2 Å². The first kappa shape index (κ1) is 15.8. The van der Waals surface area contributed by atoms with E-state index in [4.69, 9.17) is 9.15 Å². The lowest BCUT2D eigenvalue weighted by molar-refractivity contribution is -0.141. The highest BCUT2D eigenvalue weighted by molar-refractivity contribution is 6.08. The van der Waals surface area contributed by atoms with Crippen molar-refractivity contribution in [2.45, 2.75) is 26.8 Å². The molecule has 0 saturated carbocycles. The van der Waals surface area contributed by atoms with E-state index in [-0.39, 0.29) is 11.7 Å². The number of para-hydroxylation sites is 1. The van der Waals surface area contributed by atoms with E-state index in [9.17, 15) is 9.59 Å². The Balaban J connectivity index is 2.55. The van der Waals surface area contributed by atoms with Crippen molar-refractivity contribution in [2.24, 2.45) is 0 Å². The number of amides is 1. The van der Waals surface area contributed by atoms with E-state index in [2.05, 4.69) is 0 Å². The molecule has 1 amide bonds. The van der Waals surface area contributed by atoms with Crippen LogP contribution in [0, 0.1) is 13.8 Å². The van der Waals surface area contributed by atoms with Gasteiger partial charge in [-0.3, -0.25) is 9.69 Å². The Morgan fingerprint density at radius 3 is 2.27 bits per heavy atom. The van der Waals surface area contributed by atoms with E-state index in [1.165, 1.54) is 18.3 Å². The van der Waals surface area contributed by atoms with Crippen molar-refractivity contribution >= 4 is 17.6 Å². The van der Waals surface area contributed by atoms with Gasteiger partial charge < -0.3 is 9.15 Å². The third-order valence-corrected chi connectivity index (χ3v) is 3.56. The molecular formula is C17H19NO4.